The minimum atomic E-state index is -1.74. The van der Waals surface area contributed by atoms with E-state index in [0.29, 0.717) is 24.1 Å². The van der Waals surface area contributed by atoms with E-state index in [0.717, 1.165) is 6.07 Å². The molecule has 0 bridgehead atoms. The molecule has 1 aliphatic heterocycles. The van der Waals surface area contributed by atoms with Crippen LogP contribution in [0.4, 0.5) is 10.1 Å². The molecule has 1 aromatic heterocycles. The van der Waals surface area contributed by atoms with Gasteiger partial charge < -0.3 is 20.5 Å². The molecule has 0 radical (unpaired) electrons. The van der Waals surface area contributed by atoms with Crippen LogP contribution in [0.2, 0.25) is 0 Å². The van der Waals surface area contributed by atoms with Gasteiger partial charge in [-0.25, -0.2) is 14.2 Å². The van der Waals surface area contributed by atoms with Crippen molar-refractivity contribution in [1.29, 1.82) is 0 Å². The second kappa shape index (κ2) is 7.89. The summed E-state index contributed by atoms with van der Waals surface area (Å²) in [6.07, 6.45) is 0.893. The lowest BCUT2D eigenvalue weighted by atomic mass is 9.92. The van der Waals surface area contributed by atoms with Gasteiger partial charge in [0.1, 0.15) is 5.69 Å². The number of amides is 1. The zero-order valence-corrected chi connectivity index (χ0v) is 16.0. The number of nitrogen functional groups attached to an aromatic ring is 1. The number of nitrogens with two attached hydrogens (primary N) is 1. The average Bonchev–Trinajstić information content (AvgIpc) is 2.70. The summed E-state index contributed by atoms with van der Waals surface area (Å²) in [5.41, 5.74) is 4.32. The van der Waals surface area contributed by atoms with Gasteiger partial charge in [0.2, 0.25) is 5.60 Å². The van der Waals surface area contributed by atoms with Gasteiger partial charge in [0.05, 0.1) is 12.8 Å². The lowest BCUT2D eigenvalue weighted by molar-refractivity contribution is -0.148. The van der Waals surface area contributed by atoms with Crippen LogP contribution < -0.4 is 5.73 Å². The van der Waals surface area contributed by atoms with Crippen molar-refractivity contribution in [3.8, 4) is 23.1 Å². The van der Waals surface area contributed by atoms with Crippen LogP contribution in [0, 0.1) is 17.7 Å². The third-order valence-electron chi connectivity index (χ3n) is 4.67. The van der Waals surface area contributed by atoms with Crippen molar-refractivity contribution in [3.05, 3.63) is 47.4 Å². The molecule has 2 heterocycles. The number of carbonyl (C=O) groups excluding carboxylic acids is 2. The number of aromatic nitrogens is 1. The Morgan fingerprint density at radius 2 is 2.17 bits per heavy atom. The number of esters is 1. The summed E-state index contributed by atoms with van der Waals surface area (Å²) in [5, 5.41) is 10.6. The van der Waals surface area contributed by atoms with Gasteiger partial charge in [-0.2, -0.15) is 0 Å². The Morgan fingerprint density at radius 3 is 2.90 bits per heavy atom. The topological polar surface area (TPSA) is 106 Å². The number of aliphatic hydroxyl groups is 1. The zero-order valence-electron chi connectivity index (χ0n) is 16.0. The Morgan fingerprint density at radius 1 is 1.41 bits per heavy atom. The summed E-state index contributed by atoms with van der Waals surface area (Å²) >= 11 is 0. The molecule has 0 aliphatic carbocycles. The van der Waals surface area contributed by atoms with Crippen molar-refractivity contribution >= 4 is 17.6 Å². The maximum absolute atomic E-state index is 14.4. The van der Waals surface area contributed by atoms with Crippen molar-refractivity contribution in [2.45, 2.75) is 18.4 Å². The number of hydrogen-bond acceptors (Lipinski definition) is 6. The monoisotopic (exact) mass is 397 g/mol. The molecule has 8 heteroatoms. The number of anilines is 1. The number of halogens is 1. The molecule has 150 valence electrons. The highest BCUT2D eigenvalue weighted by Gasteiger charge is 2.39. The van der Waals surface area contributed by atoms with Crippen LogP contribution in [0.15, 0.2) is 30.3 Å². The number of carbonyl (C=O) groups is 2. The SMILES string of the molecule is COC(=O)c1nc(-c2cccc(C#C[C@]3(O)CCCN(C)C3=O)c2)c(F)cc1N. The summed E-state index contributed by atoms with van der Waals surface area (Å²) in [6, 6.07) is 7.45. The molecule has 3 rings (SSSR count). The number of benzene rings is 1. The first-order valence-corrected chi connectivity index (χ1v) is 8.91. The molecule has 0 saturated carbocycles. The number of likely N-dealkylation sites (tertiary alicyclic amines) is 1. The van der Waals surface area contributed by atoms with Gasteiger partial charge in [0, 0.05) is 30.8 Å². The van der Waals surface area contributed by atoms with Crippen molar-refractivity contribution < 1.29 is 23.8 Å². The van der Waals surface area contributed by atoms with Crippen LogP contribution >= 0.6 is 0 Å². The molecule has 1 atom stereocenters. The molecular formula is C21H20FN3O4. The van der Waals surface area contributed by atoms with E-state index in [-0.39, 0.29) is 23.5 Å². The van der Waals surface area contributed by atoms with Gasteiger partial charge in [0.15, 0.2) is 11.5 Å². The van der Waals surface area contributed by atoms with Crippen LogP contribution in [0.1, 0.15) is 28.9 Å². The summed E-state index contributed by atoms with van der Waals surface area (Å²) in [7, 11) is 2.79. The van der Waals surface area contributed by atoms with E-state index in [9.17, 15) is 19.1 Å². The Bertz CT molecular complexity index is 1040. The van der Waals surface area contributed by atoms with E-state index < -0.39 is 23.3 Å². The molecular weight excluding hydrogens is 377 g/mol. The molecule has 3 N–H and O–H groups in total. The second-order valence-corrected chi connectivity index (χ2v) is 6.77. The lowest BCUT2D eigenvalue weighted by Crippen LogP contribution is -2.51. The molecule has 29 heavy (non-hydrogen) atoms. The minimum Gasteiger partial charge on any atom is -0.464 e. The fourth-order valence-electron chi connectivity index (χ4n) is 3.10. The number of likely N-dealkylation sites (N-methyl/N-ethyl adjacent to an activating group) is 1. The Hall–Kier alpha value is -3.44. The zero-order chi connectivity index (χ0) is 21.2. The minimum absolute atomic E-state index is 0.0876. The normalized spacial score (nSPS) is 18.8. The smallest absolute Gasteiger partial charge is 0.358 e. The number of piperidine rings is 1. The summed E-state index contributed by atoms with van der Waals surface area (Å²) < 4.78 is 19.0. The first-order chi connectivity index (χ1) is 13.7. The Balaban J connectivity index is 1.98. The first-order valence-electron chi connectivity index (χ1n) is 8.91. The molecule has 7 nitrogen and oxygen atoms in total. The highest BCUT2D eigenvalue weighted by atomic mass is 19.1. The van der Waals surface area contributed by atoms with E-state index in [4.69, 9.17) is 5.73 Å². The van der Waals surface area contributed by atoms with Gasteiger partial charge in [0.25, 0.3) is 5.91 Å². The number of ether oxygens (including phenoxy) is 1. The second-order valence-electron chi connectivity index (χ2n) is 6.77. The number of nitrogens with zero attached hydrogens (tertiary/aromatic N) is 2. The maximum atomic E-state index is 14.4. The predicted molar refractivity (Wildman–Crippen MR) is 104 cm³/mol. The molecule has 1 fully saturated rings. The van der Waals surface area contributed by atoms with Crippen molar-refractivity contribution in [2.75, 3.05) is 26.4 Å². The molecule has 1 saturated heterocycles. The average molecular weight is 397 g/mol. The van der Waals surface area contributed by atoms with Crippen molar-refractivity contribution in [3.63, 3.8) is 0 Å². The van der Waals surface area contributed by atoms with E-state index in [1.165, 1.54) is 12.0 Å². The van der Waals surface area contributed by atoms with Crippen LogP contribution in [0.3, 0.4) is 0 Å². The quantitative estimate of drug-likeness (QED) is 0.589. The highest BCUT2D eigenvalue weighted by Crippen LogP contribution is 2.26. The third kappa shape index (κ3) is 4.05. The van der Waals surface area contributed by atoms with Crippen molar-refractivity contribution in [2.24, 2.45) is 0 Å². The number of pyridine rings is 1. The summed E-state index contributed by atoms with van der Waals surface area (Å²) in [5.74, 6) is 3.50. The summed E-state index contributed by atoms with van der Waals surface area (Å²) in [4.78, 5) is 29.5. The first kappa shape index (κ1) is 20.3. The standard InChI is InChI=1S/C21H20FN3O4/c1-25-10-4-8-21(28,20(25)27)9-7-13-5-3-6-14(11-13)17-15(22)12-16(23)18(24-17)19(26)29-2/h3,5-6,11-12,28H,4,8,10,23H2,1-2H3/t21-/m1/s1. The Labute approximate surface area is 167 Å². The fraction of sp³-hybridized carbons (Fsp3) is 0.286. The third-order valence-corrected chi connectivity index (χ3v) is 4.67. The maximum Gasteiger partial charge on any atom is 0.358 e. The lowest BCUT2D eigenvalue weighted by Gasteiger charge is -2.32. The molecule has 1 aliphatic rings. The summed E-state index contributed by atoms with van der Waals surface area (Å²) in [6.45, 7) is 0.572. The number of methoxy groups -OCH3 is 1. The molecule has 1 aromatic carbocycles. The van der Waals surface area contributed by atoms with Crippen LogP contribution in [-0.2, 0) is 9.53 Å². The van der Waals surface area contributed by atoms with Crippen LogP contribution in [-0.4, -0.2) is 53.2 Å². The van der Waals surface area contributed by atoms with E-state index in [2.05, 4.69) is 21.6 Å². The van der Waals surface area contributed by atoms with E-state index in [1.54, 1.807) is 31.3 Å². The predicted octanol–water partition coefficient (Wildman–Crippen LogP) is 1.59. The number of hydrogen-bond donors (Lipinski definition) is 2. The van der Waals surface area contributed by atoms with Gasteiger partial charge in [-0.15, -0.1) is 0 Å². The van der Waals surface area contributed by atoms with Gasteiger partial charge in [-0.3, -0.25) is 4.79 Å². The van der Waals surface area contributed by atoms with Gasteiger partial charge >= 0.3 is 5.97 Å². The molecule has 0 spiro atoms. The van der Waals surface area contributed by atoms with Crippen LogP contribution in [0.5, 0.6) is 0 Å². The highest BCUT2D eigenvalue weighted by molar-refractivity contribution is 5.93. The van der Waals surface area contributed by atoms with Crippen LogP contribution in [0.25, 0.3) is 11.3 Å². The Kier molecular flexibility index (Phi) is 5.52. The molecule has 2 aromatic rings. The molecule has 1 amide bonds. The van der Waals surface area contributed by atoms with Crippen molar-refractivity contribution in [1.82, 2.24) is 9.88 Å². The van der Waals surface area contributed by atoms with Gasteiger partial charge in [-0.05, 0) is 25.0 Å². The van der Waals surface area contributed by atoms with E-state index in [1.807, 2.05) is 0 Å². The van der Waals surface area contributed by atoms with Gasteiger partial charge in [-0.1, -0.05) is 24.0 Å². The largest absolute Gasteiger partial charge is 0.464 e. The number of rotatable bonds is 2. The van der Waals surface area contributed by atoms with E-state index >= 15 is 0 Å². The molecule has 0 unspecified atom stereocenters. The fourth-order valence-corrected chi connectivity index (χ4v) is 3.10.